The minimum Gasteiger partial charge on any atom is -0.497 e. The maximum atomic E-state index is 12.9. The molecule has 0 atom stereocenters. The van der Waals surface area contributed by atoms with Gasteiger partial charge in [-0.05, 0) is 43.3 Å². The van der Waals surface area contributed by atoms with Crippen LogP contribution >= 0.6 is 0 Å². The molecule has 132 valence electrons. The molecule has 0 aliphatic heterocycles. The lowest BCUT2D eigenvalue weighted by Crippen LogP contribution is -2.40. The monoisotopic (exact) mass is 345 g/mol. The summed E-state index contributed by atoms with van der Waals surface area (Å²) >= 11 is 0. The molecule has 0 bridgehead atoms. The molecule has 3 amide bonds. The van der Waals surface area contributed by atoms with Gasteiger partial charge < -0.3 is 20.3 Å². The average Bonchev–Trinajstić information content (AvgIpc) is 2.61. The van der Waals surface area contributed by atoms with Crippen LogP contribution in [-0.2, 0) is 4.79 Å². The molecule has 2 N–H and O–H groups in total. The van der Waals surface area contributed by atoms with Gasteiger partial charge in [0.1, 0.15) is 18.1 Å². The molecule has 0 heterocycles. The van der Waals surface area contributed by atoms with Gasteiger partial charge in [0.2, 0.25) is 5.91 Å². The van der Waals surface area contributed by atoms with Gasteiger partial charge >= 0.3 is 6.03 Å². The van der Waals surface area contributed by atoms with E-state index in [9.17, 15) is 14.0 Å². The molecule has 0 spiro atoms. The molecule has 0 aromatic heterocycles. The van der Waals surface area contributed by atoms with E-state index in [1.165, 1.54) is 29.2 Å². The van der Waals surface area contributed by atoms with Crippen LogP contribution in [0.3, 0.4) is 0 Å². The van der Waals surface area contributed by atoms with E-state index >= 15 is 0 Å². The van der Waals surface area contributed by atoms with E-state index in [0.717, 1.165) is 0 Å². The molecule has 0 aliphatic rings. The van der Waals surface area contributed by atoms with Gasteiger partial charge in [0, 0.05) is 24.0 Å². The van der Waals surface area contributed by atoms with Crippen molar-refractivity contribution in [2.45, 2.75) is 6.92 Å². The topological polar surface area (TPSA) is 70.7 Å². The lowest BCUT2D eigenvalue weighted by molar-refractivity contribution is -0.116. The van der Waals surface area contributed by atoms with Gasteiger partial charge in [-0.1, -0.05) is 6.07 Å². The molecule has 0 fully saturated rings. The predicted octanol–water partition coefficient (Wildman–Crippen LogP) is 3.33. The minimum atomic E-state index is -0.435. The lowest BCUT2D eigenvalue weighted by Gasteiger charge is -2.21. The van der Waals surface area contributed by atoms with Crippen LogP contribution in [0, 0.1) is 5.82 Å². The molecule has 6 nitrogen and oxygen atoms in total. The number of rotatable bonds is 6. The van der Waals surface area contributed by atoms with Crippen molar-refractivity contribution in [2.75, 3.05) is 30.8 Å². The average molecular weight is 345 g/mol. The van der Waals surface area contributed by atoms with Gasteiger partial charge in [0.15, 0.2) is 0 Å². The number of hydrogen-bond donors (Lipinski definition) is 2. The zero-order chi connectivity index (χ0) is 18.2. The first kappa shape index (κ1) is 18.3. The number of amides is 3. The Kier molecular flexibility index (Phi) is 6.33. The summed E-state index contributed by atoms with van der Waals surface area (Å²) in [5.74, 6) is -0.0911. The Morgan fingerprint density at radius 3 is 2.44 bits per heavy atom. The van der Waals surface area contributed by atoms with Gasteiger partial charge in [-0.3, -0.25) is 4.79 Å². The molecule has 2 aromatic carbocycles. The van der Waals surface area contributed by atoms with Crippen LogP contribution in [0.15, 0.2) is 48.5 Å². The molecule has 0 unspecified atom stereocenters. The van der Waals surface area contributed by atoms with Gasteiger partial charge in [-0.25, -0.2) is 9.18 Å². The number of nitrogens with zero attached hydrogens (tertiary/aromatic N) is 1. The largest absolute Gasteiger partial charge is 0.497 e. The van der Waals surface area contributed by atoms with E-state index in [-0.39, 0.29) is 18.3 Å². The number of likely N-dealkylation sites (N-methyl/N-ethyl adjacent to an activating group) is 1. The first-order chi connectivity index (χ1) is 12.0. The van der Waals surface area contributed by atoms with Gasteiger partial charge in [0.25, 0.3) is 0 Å². The third kappa shape index (κ3) is 5.49. The Labute approximate surface area is 145 Å². The van der Waals surface area contributed by atoms with E-state index < -0.39 is 6.03 Å². The number of methoxy groups -OCH3 is 1. The van der Waals surface area contributed by atoms with Crippen molar-refractivity contribution in [3.05, 3.63) is 54.3 Å². The number of urea groups is 1. The second-order valence-electron chi connectivity index (χ2n) is 5.23. The van der Waals surface area contributed by atoms with Crippen molar-refractivity contribution in [2.24, 2.45) is 0 Å². The molecular formula is C18H20FN3O3. The van der Waals surface area contributed by atoms with Crippen molar-refractivity contribution in [3.63, 3.8) is 0 Å². The summed E-state index contributed by atoms with van der Waals surface area (Å²) in [6.07, 6.45) is 0. The molecule has 0 saturated heterocycles. The van der Waals surface area contributed by atoms with Crippen LogP contribution in [0.5, 0.6) is 5.75 Å². The normalized spacial score (nSPS) is 10.0. The first-order valence-electron chi connectivity index (χ1n) is 7.77. The first-order valence-corrected chi connectivity index (χ1v) is 7.77. The standard InChI is InChI=1S/C18H20FN3O3/c1-3-22(18(24)21-14-9-7-13(19)8-10-14)12-17(23)20-15-5-4-6-16(11-15)25-2/h4-11H,3,12H2,1-2H3,(H,20,23)(H,21,24). The number of ether oxygens (including phenoxy) is 1. The number of halogens is 1. The maximum absolute atomic E-state index is 12.9. The van der Waals surface area contributed by atoms with E-state index in [1.807, 2.05) is 0 Å². The smallest absolute Gasteiger partial charge is 0.322 e. The number of hydrogen-bond acceptors (Lipinski definition) is 3. The molecule has 7 heteroatoms. The number of benzene rings is 2. The van der Waals surface area contributed by atoms with Crippen LogP contribution in [0.1, 0.15) is 6.92 Å². The zero-order valence-electron chi connectivity index (χ0n) is 14.1. The number of carbonyl (C=O) groups is 2. The fourth-order valence-corrected chi connectivity index (χ4v) is 2.14. The van der Waals surface area contributed by atoms with E-state index in [4.69, 9.17) is 4.74 Å². The number of anilines is 2. The Morgan fingerprint density at radius 1 is 1.08 bits per heavy atom. The van der Waals surface area contributed by atoms with Crippen molar-refractivity contribution in [1.29, 1.82) is 0 Å². The summed E-state index contributed by atoms with van der Waals surface area (Å²) in [4.78, 5) is 25.7. The summed E-state index contributed by atoms with van der Waals surface area (Å²) in [5, 5.41) is 5.35. The van der Waals surface area contributed by atoms with Crippen LogP contribution < -0.4 is 15.4 Å². The van der Waals surface area contributed by atoms with Crippen LogP contribution in [0.2, 0.25) is 0 Å². The second-order valence-corrected chi connectivity index (χ2v) is 5.23. The Balaban J connectivity index is 1.94. The Morgan fingerprint density at radius 2 is 1.80 bits per heavy atom. The highest BCUT2D eigenvalue weighted by atomic mass is 19.1. The van der Waals surface area contributed by atoms with Gasteiger partial charge in [-0.15, -0.1) is 0 Å². The van der Waals surface area contributed by atoms with E-state index in [1.54, 1.807) is 38.3 Å². The highest BCUT2D eigenvalue weighted by Crippen LogP contribution is 2.16. The van der Waals surface area contributed by atoms with Crippen LogP contribution in [-0.4, -0.2) is 37.0 Å². The SMILES string of the molecule is CCN(CC(=O)Nc1cccc(OC)c1)C(=O)Nc1ccc(F)cc1. The van der Waals surface area contributed by atoms with Crippen LogP contribution in [0.4, 0.5) is 20.6 Å². The summed E-state index contributed by atoms with van der Waals surface area (Å²) in [7, 11) is 1.54. The van der Waals surface area contributed by atoms with Crippen molar-refractivity contribution >= 4 is 23.3 Å². The quantitative estimate of drug-likeness (QED) is 0.844. The fourth-order valence-electron chi connectivity index (χ4n) is 2.14. The summed E-state index contributed by atoms with van der Waals surface area (Å²) in [5.41, 5.74) is 1.04. The summed E-state index contributed by atoms with van der Waals surface area (Å²) in [6, 6.07) is 11.9. The molecular weight excluding hydrogens is 325 g/mol. The third-order valence-corrected chi connectivity index (χ3v) is 3.45. The molecule has 25 heavy (non-hydrogen) atoms. The van der Waals surface area contributed by atoms with Gasteiger partial charge in [-0.2, -0.15) is 0 Å². The zero-order valence-corrected chi connectivity index (χ0v) is 14.1. The van der Waals surface area contributed by atoms with Crippen LogP contribution in [0.25, 0.3) is 0 Å². The van der Waals surface area contributed by atoms with Crippen molar-refractivity contribution in [1.82, 2.24) is 4.90 Å². The third-order valence-electron chi connectivity index (χ3n) is 3.45. The molecule has 0 aliphatic carbocycles. The highest BCUT2D eigenvalue weighted by molar-refractivity contribution is 5.97. The summed E-state index contributed by atoms with van der Waals surface area (Å²) < 4.78 is 18.0. The molecule has 2 aromatic rings. The minimum absolute atomic E-state index is 0.110. The summed E-state index contributed by atoms with van der Waals surface area (Å²) in [6.45, 7) is 2.00. The second kappa shape index (κ2) is 8.68. The van der Waals surface area contributed by atoms with E-state index in [0.29, 0.717) is 23.7 Å². The fraction of sp³-hybridized carbons (Fsp3) is 0.222. The predicted molar refractivity (Wildman–Crippen MR) is 94.3 cm³/mol. The van der Waals surface area contributed by atoms with Crippen molar-refractivity contribution in [3.8, 4) is 5.75 Å². The lowest BCUT2D eigenvalue weighted by atomic mass is 10.3. The Bertz CT molecular complexity index is 735. The Hall–Kier alpha value is -3.09. The highest BCUT2D eigenvalue weighted by Gasteiger charge is 2.16. The molecule has 0 radical (unpaired) electrons. The van der Waals surface area contributed by atoms with E-state index in [2.05, 4.69) is 10.6 Å². The number of nitrogens with one attached hydrogen (secondary N) is 2. The van der Waals surface area contributed by atoms with Crippen molar-refractivity contribution < 1.29 is 18.7 Å². The maximum Gasteiger partial charge on any atom is 0.322 e. The molecule has 0 saturated carbocycles. The molecule has 2 rings (SSSR count). The number of carbonyl (C=O) groups excluding carboxylic acids is 2. The van der Waals surface area contributed by atoms with Gasteiger partial charge in [0.05, 0.1) is 7.11 Å².